The zero-order valence-electron chi connectivity index (χ0n) is 13.6. The Hall–Kier alpha value is 0.860. The first-order valence-electron chi connectivity index (χ1n) is 9.90. The van der Waals surface area contributed by atoms with Crippen molar-refractivity contribution in [3.63, 3.8) is 0 Å². The minimum absolute atomic E-state index is 0.453. The molecule has 5 aliphatic heterocycles. The van der Waals surface area contributed by atoms with Crippen molar-refractivity contribution in [2.45, 2.75) is 111 Å². The quantitative estimate of drug-likeness (QED) is 0.535. The highest BCUT2D eigenvalue weighted by Gasteiger charge is 2.60. The molecule has 0 N–H and O–H groups in total. The number of rotatable bonds is 3. The van der Waals surface area contributed by atoms with Crippen LogP contribution in [-0.4, -0.2) is 34.0 Å². The molecule has 21 heavy (non-hydrogen) atoms. The van der Waals surface area contributed by atoms with Crippen LogP contribution in [0, 0.1) is 0 Å². The summed E-state index contributed by atoms with van der Waals surface area (Å²) in [6, 6.07) is 0. The Morgan fingerprint density at radius 1 is 0.714 bits per heavy atom. The van der Waals surface area contributed by atoms with Crippen molar-refractivity contribution in [1.29, 1.82) is 0 Å². The van der Waals surface area contributed by atoms with Crippen molar-refractivity contribution < 1.29 is 0 Å². The first-order chi connectivity index (χ1) is 10.4. The highest BCUT2D eigenvalue weighted by atomic mass is 31.1. The zero-order valence-corrected chi connectivity index (χ0v) is 15.4. The maximum Gasteiger partial charge on any atom is -0.00799 e. The third-order valence-electron chi connectivity index (χ3n) is 7.89. The lowest BCUT2D eigenvalue weighted by Gasteiger charge is -2.57. The van der Waals surface area contributed by atoms with Crippen molar-refractivity contribution >= 4 is 15.8 Å². The van der Waals surface area contributed by atoms with E-state index in [1.807, 2.05) is 0 Å². The van der Waals surface area contributed by atoms with Gasteiger partial charge in [0.2, 0.25) is 0 Å². The van der Waals surface area contributed by atoms with E-state index in [1.54, 1.807) is 89.6 Å². The van der Waals surface area contributed by atoms with Crippen molar-refractivity contribution in [2.24, 2.45) is 0 Å². The summed E-state index contributed by atoms with van der Waals surface area (Å²) in [5.41, 5.74) is 4.93. The molecule has 5 saturated heterocycles. The molecule has 0 aromatic carbocycles. The fourth-order valence-electron chi connectivity index (χ4n) is 7.01. The minimum atomic E-state index is 0.453. The van der Waals surface area contributed by atoms with E-state index in [-0.39, 0.29) is 0 Å². The Bertz CT molecular complexity index is 386. The van der Waals surface area contributed by atoms with Crippen molar-refractivity contribution in [2.75, 3.05) is 6.16 Å². The van der Waals surface area contributed by atoms with Gasteiger partial charge in [-0.25, -0.2) is 0 Å². The highest BCUT2D eigenvalue weighted by molar-refractivity contribution is 7.63. The van der Waals surface area contributed by atoms with E-state index in [0.29, 0.717) is 15.8 Å². The second-order valence-electron chi connectivity index (χ2n) is 8.77. The number of hydrogen-bond donors (Lipinski definition) is 0. The van der Waals surface area contributed by atoms with Gasteiger partial charge >= 0.3 is 0 Å². The second kappa shape index (κ2) is 5.45. The molecule has 4 atom stereocenters. The molecule has 5 rings (SSSR count). The molecule has 2 bridgehead atoms. The molecular weight excluding hydrogens is 290 g/mol. The molecule has 0 radical (unpaired) electrons. The fraction of sp³-hybridized carbons (Fsp3) is 1.00. The summed E-state index contributed by atoms with van der Waals surface area (Å²) in [6.07, 6.45) is 22.9. The molecule has 0 aliphatic carbocycles. The Labute approximate surface area is 133 Å². The molecule has 0 nitrogen and oxygen atoms in total. The number of fused-ring (bicyclic) bond motifs is 2. The summed E-state index contributed by atoms with van der Waals surface area (Å²) in [5.74, 6) is 0. The van der Waals surface area contributed by atoms with E-state index < -0.39 is 0 Å². The van der Waals surface area contributed by atoms with Crippen LogP contribution in [0.25, 0.3) is 0 Å². The summed E-state index contributed by atoms with van der Waals surface area (Å²) in [4.78, 5) is 0. The third kappa shape index (κ3) is 2.22. The van der Waals surface area contributed by atoms with Gasteiger partial charge in [-0.05, 0) is 98.2 Å². The van der Waals surface area contributed by atoms with E-state index in [4.69, 9.17) is 0 Å². The van der Waals surface area contributed by atoms with Gasteiger partial charge in [0.25, 0.3) is 0 Å². The molecular formula is C19H32P2. The summed E-state index contributed by atoms with van der Waals surface area (Å²) >= 11 is 0. The van der Waals surface area contributed by atoms with Gasteiger partial charge in [0, 0.05) is 0 Å². The van der Waals surface area contributed by atoms with Crippen LogP contribution in [0.4, 0.5) is 0 Å². The molecule has 0 aromatic heterocycles. The average molecular weight is 322 g/mol. The van der Waals surface area contributed by atoms with Crippen LogP contribution >= 0.6 is 15.8 Å². The lowest BCUT2D eigenvalue weighted by Crippen LogP contribution is -2.45. The maximum atomic E-state index is 1.71. The predicted octanol–water partition coefficient (Wildman–Crippen LogP) is 6.30. The maximum absolute atomic E-state index is 1.71. The summed E-state index contributed by atoms with van der Waals surface area (Å²) in [6.45, 7) is 0. The number of hydrogen-bond acceptors (Lipinski definition) is 0. The van der Waals surface area contributed by atoms with Crippen LogP contribution in [0.1, 0.15) is 83.5 Å². The second-order valence-corrected chi connectivity index (χ2v) is 14.9. The van der Waals surface area contributed by atoms with Crippen LogP contribution < -0.4 is 0 Å². The summed E-state index contributed by atoms with van der Waals surface area (Å²) in [7, 11) is 0.954. The van der Waals surface area contributed by atoms with Gasteiger partial charge in [0.05, 0.1) is 0 Å². The topological polar surface area (TPSA) is 0 Å². The molecule has 118 valence electrons. The standard InChI is InChI=1S/C19H32P2/c1-4-15-6-2-7-16(5-1)20(15)13-12-19-11-10-17-8-3-9-18(14-19)21(17)19/h15-18H,1-14H2. The van der Waals surface area contributed by atoms with E-state index in [9.17, 15) is 0 Å². The van der Waals surface area contributed by atoms with E-state index >= 15 is 0 Å². The minimum Gasteiger partial charge on any atom is -0.100 e. The van der Waals surface area contributed by atoms with Crippen molar-refractivity contribution in [3.05, 3.63) is 0 Å². The van der Waals surface area contributed by atoms with Crippen LogP contribution in [0.15, 0.2) is 0 Å². The molecule has 2 heteroatoms. The Balaban J connectivity index is 1.26. The van der Waals surface area contributed by atoms with Crippen LogP contribution in [-0.2, 0) is 0 Å². The van der Waals surface area contributed by atoms with Gasteiger partial charge in [-0.1, -0.05) is 27.2 Å². The van der Waals surface area contributed by atoms with E-state index in [1.165, 1.54) is 22.6 Å². The van der Waals surface area contributed by atoms with Gasteiger partial charge in [-0.3, -0.25) is 0 Å². The monoisotopic (exact) mass is 322 g/mol. The molecule has 5 heterocycles. The highest BCUT2D eigenvalue weighted by Crippen LogP contribution is 2.81. The summed E-state index contributed by atoms with van der Waals surface area (Å²) in [5, 5.41) is 0.958. The van der Waals surface area contributed by atoms with Crippen molar-refractivity contribution in [3.8, 4) is 0 Å². The third-order valence-corrected chi connectivity index (χ3v) is 15.8. The SMILES string of the molecule is C1CC2CCCC(C1)P2CCC12CCC3CCCC(C1)P32. The molecule has 0 saturated carbocycles. The zero-order chi connectivity index (χ0) is 13.9. The van der Waals surface area contributed by atoms with Gasteiger partial charge in [0.1, 0.15) is 0 Å². The van der Waals surface area contributed by atoms with Gasteiger partial charge in [-0.2, -0.15) is 0 Å². The molecule has 0 amide bonds. The molecule has 4 unspecified atom stereocenters. The molecule has 5 fully saturated rings. The van der Waals surface area contributed by atoms with Crippen LogP contribution in [0.3, 0.4) is 0 Å². The molecule has 0 spiro atoms. The van der Waals surface area contributed by atoms with Crippen LogP contribution in [0.5, 0.6) is 0 Å². The first-order valence-corrected chi connectivity index (χ1v) is 13.0. The van der Waals surface area contributed by atoms with Crippen molar-refractivity contribution in [1.82, 2.24) is 0 Å². The lowest BCUT2D eigenvalue weighted by molar-refractivity contribution is 0.422. The Kier molecular flexibility index (Phi) is 3.69. The van der Waals surface area contributed by atoms with Crippen LogP contribution in [0.2, 0.25) is 0 Å². The fourth-order valence-corrected chi connectivity index (χ4v) is 16.1. The lowest BCUT2D eigenvalue weighted by atomic mass is 9.92. The largest absolute Gasteiger partial charge is 0.100 e. The predicted molar refractivity (Wildman–Crippen MR) is 96.6 cm³/mol. The molecule has 5 aliphatic rings. The van der Waals surface area contributed by atoms with Gasteiger partial charge < -0.3 is 0 Å². The Morgan fingerprint density at radius 3 is 2.05 bits per heavy atom. The normalized spacial score (nSPS) is 54.9. The average Bonchev–Trinajstić information content (AvgIpc) is 2.80. The van der Waals surface area contributed by atoms with E-state index in [0.717, 1.165) is 5.16 Å². The first kappa shape index (κ1) is 14.2. The van der Waals surface area contributed by atoms with E-state index in [2.05, 4.69) is 0 Å². The summed E-state index contributed by atoms with van der Waals surface area (Å²) < 4.78 is 0. The molecule has 0 aromatic rings. The van der Waals surface area contributed by atoms with Gasteiger partial charge in [-0.15, -0.1) is 7.92 Å². The van der Waals surface area contributed by atoms with Gasteiger partial charge in [0.15, 0.2) is 0 Å². The Morgan fingerprint density at radius 2 is 1.33 bits per heavy atom. The smallest absolute Gasteiger partial charge is 0.00799 e.